The van der Waals surface area contributed by atoms with Gasteiger partial charge in [-0.15, -0.1) is 0 Å². The molecule has 1 unspecified atom stereocenters. The van der Waals surface area contributed by atoms with E-state index in [1.54, 1.807) is 0 Å². The van der Waals surface area contributed by atoms with Gasteiger partial charge in [0.25, 0.3) is 0 Å². The minimum Gasteiger partial charge on any atom is -0.480 e. The monoisotopic (exact) mass is 232 g/mol. The van der Waals surface area contributed by atoms with Crippen LogP contribution in [0.15, 0.2) is 0 Å². The molecule has 16 heavy (non-hydrogen) atoms. The molecule has 1 atom stereocenters. The van der Waals surface area contributed by atoms with E-state index >= 15 is 0 Å². The zero-order valence-corrected chi connectivity index (χ0v) is 9.95. The third kappa shape index (κ3) is 7.19. The summed E-state index contributed by atoms with van der Waals surface area (Å²) in [5.41, 5.74) is 0. The number of hydrogen-bond acceptors (Lipinski definition) is 4. The van der Waals surface area contributed by atoms with Gasteiger partial charge in [-0.1, -0.05) is 13.8 Å². The SMILES string of the molecule is COCC(NC(=O)CCNC(C)C)C(=O)O. The number of amides is 1. The summed E-state index contributed by atoms with van der Waals surface area (Å²) >= 11 is 0. The first-order chi connectivity index (χ1) is 7.47. The van der Waals surface area contributed by atoms with Crippen LogP contribution in [0.4, 0.5) is 0 Å². The molecular weight excluding hydrogens is 212 g/mol. The lowest BCUT2D eigenvalue weighted by Gasteiger charge is -2.14. The van der Waals surface area contributed by atoms with Gasteiger partial charge in [0.05, 0.1) is 6.61 Å². The minimum absolute atomic E-state index is 0.0291. The number of aliphatic carboxylic acids is 1. The third-order valence-electron chi connectivity index (χ3n) is 1.87. The zero-order chi connectivity index (χ0) is 12.6. The second-order valence-corrected chi connectivity index (χ2v) is 3.77. The van der Waals surface area contributed by atoms with Crippen LogP contribution in [-0.4, -0.2) is 49.3 Å². The van der Waals surface area contributed by atoms with E-state index in [1.807, 2.05) is 13.8 Å². The van der Waals surface area contributed by atoms with E-state index in [1.165, 1.54) is 7.11 Å². The van der Waals surface area contributed by atoms with Gasteiger partial charge in [-0.25, -0.2) is 4.79 Å². The summed E-state index contributed by atoms with van der Waals surface area (Å²) in [6.07, 6.45) is 0.256. The third-order valence-corrected chi connectivity index (χ3v) is 1.87. The predicted molar refractivity (Wildman–Crippen MR) is 59.2 cm³/mol. The Hall–Kier alpha value is -1.14. The standard InChI is InChI=1S/C10H20N2O4/c1-7(2)11-5-4-9(13)12-8(6-16-3)10(14)15/h7-8,11H,4-6H2,1-3H3,(H,12,13)(H,14,15). The molecule has 3 N–H and O–H groups in total. The van der Waals surface area contributed by atoms with Crippen molar-refractivity contribution in [1.82, 2.24) is 10.6 Å². The Bertz CT molecular complexity index is 231. The summed E-state index contributed by atoms with van der Waals surface area (Å²) in [6.45, 7) is 4.45. The smallest absolute Gasteiger partial charge is 0.328 e. The molecule has 0 saturated heterocycles. The van der Waals surface area contributed by atoms with E-state index < -0.39 is 12.0 Å². The molecular formula is C10H20N2O4. The quantitative estimate of drug-likeness (QED) is 0.529. The molecule has 0 aliphatic carbocycles. The van der Waals surface area contributed by atoms with Gasteiger partial charge in [0.1, 0.15) is 0 Å². The summed E-state index contributed by atoms with van der Waals surface area (Å²) in [7, 11) is 1.39. The van der Waals surface area contributed by atoms with Gasteiger partial charge >= 0.3 is 5.97 Å². The Morgan fingerprint density at radius 2 is 2.00 bits per heavy atom. The maximum absolute atomic E-state index is 11.3. The Labute approximate surface area is 95.4 Å². The molecule has 0 aromatic carbocycles. The van der Waals surface area contributed by atoms with Crippen molar-refractivity contribution in [2.75, 3.05) is 20.3 Å². The Balaban J connectivity index is 3.86. The number of hydrogen-bond donors (Lipinski definition) is 3. The van der Waals surface area contributed by atoms with E-state index in [0.29, 0.717) is 12.6 Å². The van der Waals surface area contributed by atoms with Crippen LogP contribution in [0, 0.1) is 0 Å². The minimum atomic E-state index is -1.09. The fraction of sp³-hybridized carbons (Fsp3) is 0.800. The number of carboxylic acids is 1. The van der Waals surface area contributed by atoms with Crippen molar-refractivity contribution in [3.05, 3.63) is 0 Å². The molecule has 0 aliphatic rings. The first-order valence-electron chi connectivity index (χ1n) is 5.21. The number of carboxylic acid groups (broad SMARTS) is 1. The van der Waals surface area contributed by atoms with Crippen LogP contribution < -0.4 is 10.6 Å². The van der Waals surface area contributed by atoms with Gasteiger partial charge in [-0.05, 0) is 0 Å². The highest BCUT2D eigenvalue weighted by atomic mass is 16.5. The van der Waals surface area contributed by atoms with Crippen molar-refractivity contribution >= 4 is 11.9 Å². The van der Waals surface area contributed by atoms with Gasteiger partial charge in [0.2, 0.25) is 5.91 Å². The van der Waals surface area contributed by atoms with Crippen molar-refractivity contribution < 1.29 is 19.4 Å². The van der Waals surface area contributed by atoms with Crippen molar-refractivity contribution in [1.29, 1.82) is 0 Å². The zero-order valence-electron chi connectivity index (χ0n) is 9.95. The van der Waals surface area contributed by atoms with Crippen LogP contribution in [0.1, 0.15) is 20.3 Å². The molecule has 0 aliphatic heterocycles. The summed E-state index contributed by atoms with van der Waals surface area (Å²) in [6, 6.07) is -0.668. The Morgan fingerprint density at radius 3 is 2.44 bits per heavy atom. The first-order valence-corrected chi connectivity index (χ1v) is 5.21. The largest absolute Gasteiger partial charge is 0.480 e. The second-order valence-electron chi connectivity index (χ2n) is 3.77. The maximum atomic E-state index is 11.3. The summed E-state index contributed by atoms with van der Waals surface area (Å²) < 4.78 is 4.70. The predicted octanol–water partition coefficient (Wildman–Crippen LogP) is -0.410. The summed E-state index contributed by atoms with van der Waals surface area (Å²) in [5.74, 6) is -1.38. The molecule has 1 amide bonds. The fourth-order valence-corrected chi connectivity index (χ4v) is 1.08. The Morgan fingerprint density at radius 1 is 1.38 bits per heavy atom. The van der Waals surface area contributed by atoms with Crippen molar-refractivity contribution in [3.63, 3.8) is 0 Å². The van der Waals surface area contributed by atoms with Crippen LogP contribution in [0.3, 0.4) is 0 Å². The number of nitrogens with one attached hydrogen (secondary N) is 2. The lowest BCUT2D eigenvalue weighted by molar-refractivity contribution is -0.143. The molecule has 0 aromatic rings. The van der Waals surface area contributed by atoms with Crippen molar-refractivity contribution in [3.8, 4) is 0 Å². The number of rotatable bonds is 8. The second kappa shape index (κ2) is 8.06. The normalized spacial score (nSPS) is 12.5. The number of carbonyl (C=O) groups is 2. The molecule has 0 radical (unpaired) electrons. The van der Waals surface area contributed by atoms with Crippen molar-refractivity contribution in [2.45, 2.75) is 32.4 Å². The van der Waals surface area contributed by atoms with E-state index in [2.05, 4.69) is 10.6 Å². The van der Waals surface area contributed by atoms with E-state index in [4.69, 9.17) is 9.84 Å². The van der Waals surface area contributed by atoms with Crippen LogP contribution in [0.2, 0.25) is 0 Å². The van der Waals surface area contributed by atoms with Crippen LogP contribution in [-0.2, 0) is 14.3 Å². The highest BCUT2D eigenvalue weighted by molar-refractivity contribution is 5.83. The fourth-order valence-electron chi connectivity index (χ4n) is 1.08. The topological polar surface area (TPSA) is 87.7 Å². The Kier molecular flexibility index (Phi) is 7.49. The average molecular weight is 232 g/mol. The highest BCUT2D eigenvalue weighted by Gasteiger charge is 2.19. The highest BCUT2D eigenvalue weighted by Crippen LogP contribution is 1.88. The van der Waals surface area contributed by atoms with Gasteiger partial charge < -0.3 is 20.5 Å². The van der Waals surface area contributed by atoms with Crippen molar-refractivity contribution in [2.24, 2.45) is 0 Å². The molecule has 0 fully saturated rings. The van der Waals surface area contributed by atoms with Crippen LogP contribution in [0.5, 0.6) is 0 Å². The van der Waals surface area contributed by atoms with E-state index in [-0.39, 0.29) is 18.9 Å². The molecule has 94 valence electrons. The molecule has 0 bridgehead atoms. The number of methoxy groups -OCH3 is 1. The van der Waals surface area contributed by atoms with Gasteiger partial charge in [-0.2, -0.15) is 0 Å². The first kappa shape index (κ1) is 14.9. The van der Waals surface area contributed by atoms with Gasteiger partial charge in [0, 0.05) is 26.1 Å². The average Bonchev–Trinajstić information content (AvgIpc) is 2.16. The summed E-state index contributed by atoms with van der Waals surface area (Å²) in [5, 5.41) is 14.2. The summed E-state index contributed by atoms with van der Waals surface area (Å²) in [4.78, 5) is 22.0. The van der Waals surface area contributed by atoms with Gasteiger partial charge in [0.15, 0.2) is 6.04 Å². The maximum Gasteiger partial charge on any atom is 0.328 e. The molecule has 0 spiro atoms. The lowest BCUT2D eigenvalue weighted by Crippen LogP contribution is -2.44. The molecule has 0 aromatic heterocycles. The molecule has 6 nitrogen and oxygen atoms in total. The molecule has 0 heterocycles. The van der Waals surface area contributed by atoms with Gasteiger partial charge in [-0.3, -0.25) is 4.79 Å². The van der Waals surface area contributed by atoms with Crippen LogP contribution in [0.25, 0.3) is 0 Å². The number of carbonyl (C=O) groups excluding carboxylic acids is 1. The number of ether oxygens (including phenoxy) is 1. The lowest BCUT2D eigenvalue weighted by atomic mass is 10.3. The van der Waals surface area contributed by atoms with E-state index in [0.717, 1.165) is 0 Å². The van der Waals surface area contributed by atoms with E-state index in [9.17, 15) is 9.59 Å². The molecule has 0 rings (SSSR count). The van der Waals surface area contributed by atoms with Crippen LogP contribution >= 0.6 is 0 Å². The molecule has 6 heteroatoms. The molecule has 0 saturated carbocycles.